The van der Waals surface area contributed by atoms with E-state index in [0.29, 0.717) is 12.1 Å². The van der Waals surface area contributed by atoms with Gasteiger partial charge in [0.2, 0.25) is 5.95 Å². The Morgan fingerprint density at radius 1 is 1.33 bits per heavy atom. The fourth-order valence-corrected chi connectivity index (χ4v) is 1.89. The number of piperidine rings is 1. The summed E-state index contributed by atoms with van der Waals surface area (Å²) >= 11 is 0. The van der Waals surface area contributed by atoms with E-state index in [-0.39, 0.29) is 0 Å². The SMILES string of the molecule is Fc1cnc(NCCCOC2CCNCC2)nc1. The van der Waals surface area contributed by atoms with Gasteiger partial charge in [0.15, 0.2) is 5.82 Å². The van der Waals surface area contributed by atoms with Gasteiger partial charge in [0.05, 0.1) is 18.5 Å². The van der Waals surface area contributed by atoms with E-state index in [4.69, 9.17) is 4.74 Å². The number of aromatic nitrogens is 2. The Morgan fingerprint density at radius 2 is 2.06 bits per heavy atom. The lowest BCUT2D eigenvalue weighted by Gasteiger charge is -2.22. The molecular formula is C12H19FN4O. The molecule has 0 unspecified atom stereocenters. The first-order valence-corrected chi connectivity index (χ1v) is 6.38. The maximum atomic E-state index is 12.6. The van der Waals surface area contributed by atoms with Crippen molar-refractivity contribution in [1.29, 1.82) is 0 Å². The van der Waals surface area contributed by atoms with Crippen LogP contribution in [0.3, 0.4) is 0 Å². The minimum absolute atomic E-state index is 0.397. The summed E-state index contributed by atoms with van der Waals surface area (Å²) in [5.74, 6) is 0.0352. The molecule has 1 aliphatic heterocycles. The van der Waals surface area contributed by atoms with Crippen molar-refractivity contribution in [3.05, 3.63) is 18.2 Å². The van der Waals surface area contributed by atoms with E-state index in [9.17, 15) is 4.39 Å². The fraction of sp³-hybridized carbons (Fsp3) is 0.667. The number of anilines is 1. The van der Waals surface area contributed by atoms with Gasteiger partial charge < -0.3 is 15.4 Å². The molecule has 0 aliphatic carbocycles. The van der Waals surface area contributed by atoms with E-state index < -0.39 is 5.82 Å². The Labute approximate surface area is 106 Å². The molecule has 0 atom stereocenters. The van der Waals surface area contributed by atoms with Crippen LogP contribution in [0.5, 0.6) is 0 Å². The third-order valence-corrected chi connectivity index (χ3v) is 2.86. The number of halogens is 1. The molecule has 0 bridgehead atoms. The van der Waals surface area contributed by atoms with Crippen LogP contribution in [-0.2, 0) is 4.74 Å². The molecule has 1 saturated heterocycles. The second-order valence-electron chi connectivity index (χ2n) is 4.33. The number of hydrogen-bond donors (Lipinski definition) is 2. The Hall–Kier alpha value is -1.27. The molecule has 2 heterocycles. The monoisotopic (exact) mass is 254 g/mol. The van der Waals surface area contributed by atoms with Gasteiger partial charge in [-0.3, -0.25) is 0 Å². The lowest BCUT2D eigenvalue weighted by molar-refractivity contribution is 0.0329. The third-order valence-electron chi connectivity index (χ3n) is 2.86. The summed E-state index contributed by atoms with van der Waals surface area (Å²) in [5, 5.41) is 6.33. The third kappa shape index (κ3) is 4.54. The van der Waals surface area contributed by atoms with Crippen LogP contribution in [0.1, 0.15) is 19.3 Å². The minimum atomic E-state index is -0.421. The minimum Gasteiger partial charge on any atom is -0.378 e. The molecule has 1 aromatic heterocycles. The van der Waals surface area contributed by atoms with E-state index in [1.807, 2.05) is 0 Å². The van der Waals surface area contributed by atoms with Crippen molar-refractivity contribution >= 4 is 5.95 Å². The van der Waals surface area contributed by atoms with Gasteiger partial charge >= 0.3 is 0 Å². The quantitative estimate of drug-likeness (QED) is 0.747. The highest BCUT2D eigenvalue weighted by Crippen LogP contribution is 2.07. The van der Waals surface area contributed by atoms with Gasteiger partial charge in [-0.2, -0.15) is 0 Å². The summed E-state index contributed by atoms with van der Waals surface area (Å²) in [6.07, 6.45) is 5.78. The Morgan fingerprint density at radius 3 is 2.78 bits per heavy atom. The van der Waals surface area contributed by atoms with E-state index in [1.54, 1.807) is 0 Å². The highest BCUT2D eigenvalue weighted by atomic mass is 19.1. The average molecular weight is 254 g/mol. The predicted molar refractivity (Wildman–Crippen MR) is 66.9 cm³/mol. The van der Waals surface area contributed by atoms with Crippen molar-refractivity contribution in [2.24, 2.45) is 0 Å². The summed E-state index contributed by atoms with van der Waals surface area (Å²) < 4.78 is 18.3. The Kier molecular flexibility index (Phi) is 5.29. The van der Waals surface area contributed by atoms with Gasteiger partial charge in [0.1, 0.15) is 0 Å². The van der Waals surface area contributed by atoms with Crippen LogP contribution in [0.15, 0.2) is 12.4 Å². The molecule has 0 saturated carbocycles. The Bertz CT molecular complexity index is 340. The zero-order chi connectivity index (χ0) is 12.6. The van der Waals surface area contributed by atoms with Crippen LogP contribution in [0, 0.1) is 5.82 Å². The fourth-order valence-electron chi connectivity index (χ4n) is 1.89. The standard InChI is InChI=1S/C12H19FN4O/c13-10-8-16-12(17-9-10)15-4-1-7-18-11-2-5-14-6-3-11/h8-9,11,14H,1-7H2,(H,15,16,17). The first kappa shape index (κ1) is 13.2. The second-order valence-corrected chi connectivity index (χ2v) is 4.33. The predicted octanol–water partition coefficient (Wildman–Crippen LogP) is 1.19. The molecule has 0 amide bonds. The summed E-state index contributed by atoms with van der Waals surface area (Å²) in [5.41, 5.74) is 0. The molecule has 2 rings (SSSR count). The van der Waals surface area contributed by atoms with Crippen molar-refractivity contribution in [2.75, 3.05) is 31.6 Å². The molecule has 6 heteroatoms. The lowest BCUT2D eigenvalue weighted by Crippen LogP contribution is -2.32. The van der Waals surface area contributed by atoms with Crippen LogP contribution < -0.4 is 10.6 Å². The number of nitrogens with zero attached hydrogens (tertiary/aromatic N) is 2. The molecule has 1 aliphatic rings. The molecular weight excluding hydrogens is 235 g/mol. The lowest BCUT2D eigenvalue weighted by atomic mass is 10.1. The molecule has 0 radical (unpaired) electrons. The molecule has 5 nitrogen and oxygen atoms in total. The second kappa shape index (κ2) is 7.23. The molecule has 1 fully saturated rings. The largest absolute Gasteiger partial charge is 0.378 e. The molecule has 18 heavy (non-hydrogen) atoms. The van der Waals surface area contributed by atoms with Crippen molar-refractivity contribution in [3.8, 4) is 0 Å². The van der Waals surface area contributed by atoms with Crippen molar-refractivity contribution in [1.82, 2.24) is 15.3 Å². The molecule has 0 aromatic carbocycles. The summed E-state index contributed by atoms with van der Waals surface area (Å²) in [7, 11) is 0. The number of rotatable bonds is 6. The Balaban J connectivity index is 1.54. The highest BCUT2D eigenvalue weighted by molar-refractivity contribution is 5.21. The maximum Gasteiger partial charge on any atom is 0.222 e. The van der Waals surface area contributed by atoms with Crippen molar-refractivity contribution in [3.63, 3.8) is 0 Å². The van der Waals surface area contributed by atoms with Gasteiger partial charge in [-0.25, -0.2) is 14.4 Å². The highest BCUT2D eigenvalue weighted by Gasteiger charge is 2.12. The van der Waals surface area contributed by atoms with Gasteiger partial charge in [-0.15, -0.1) is 0 Å². The van der Waals surface area contributed by atoms with Crippen molar-refractivity contribution in [2.45, 2.75) is 25.4 Å². The first-order valence-electron chi connectivity index (χ1n) is 6.38. The van der Waals surface area contributed by atoms with Crippen LogP contribution >= 0.6 is 0 Å². The number of hydrogen-bond acceptors (Lipinski definition) is 5. The van der Waals surface area contributed by atoms with Gasteiger partial charge in [0, 0.05) is 13.2 Å². The van der Waals surface area contributed by atoms with Gasteiger partial charge in [-0.05, 0) is 32.4 Å². The van der Waals surface area contributed by atoms with Gasteiger partial charge in [-0.1, -0.05) is 0 Å². The van der Waals surface area contributed by atoms with Crippen LogP contribution in [0.25, 0.3) is 0 Å². The summed E-state index contributed by atoms with van der Waals surface area (Å²) in [6, 6.07) is 0. The maximum absolute atomic E-state index is 12.6. The zero-order valence-corrected chi connectivity index (χ0v) is 10.4. The summed E-state index contributed by atoms with van der Waals surface area (Å²) in [4.78, 5) is 7.64. The van der Waals surface area contributed by atoms with E-state index in [2.05, 4.69) is 20.6 Å². The van der Waals surface area contributed by atoms with Crippen molar-refractivity contribution < 1.29 is 9.13 Å². The molecule has 0 spiro atoms. The average Bonchev–Trinajstić information content (AvgIpc) is 2.42. The normalized spacial score (nSPS) is 16.7. The van der Waals surface area contributed by atoms with E-state index >= 15 is 0 Å². The smallest absolute Gasteiger partial charge is 0.222 e. The summed E-state index contributed by atoms with van der Waals surface area (Å²) in [6.45, 7) is 3.56. The van der Waals surface area contributed by atoms with Crippen LogP contribution in [-0.4, -0.2) is 42.3 Å². The van der Waals surface area contributed by atoms with E-state index in [0.717, 1.165) is 57.9 Å². The molecule has 1 aromatic rings. The number of ether oxygens (including phenoxy) is 1. The first-order chi connectivity index (χ1) is 8.84. The van der Waals surface area contributed by atoms with Crippen LogP contribution in [0.4, 0.5) is 10.3 Å². The number of nitrogens with one attached hydrogen (secondary N) is 2. The van der Waals surface area contributed by atoms with Crippen LogP contribution in [0.2, 0.25) is 0 Å². The topological polar surface area (TPSA) is 59.1 Å². The zero-order valence-electron chi connectivity index (χ0n) is 10.4. The molecule has 2 N–H and O–H groups in total. The van der Waals surface area contributed by atoms with E-state index in [1.165, 1.54) is 0 Å². The molecule has 100 valence electrons. The van der Waals surface area contributed by atoms with Gasteiger partial charge in [0.25, 0.3) is 0 Å².